The van der Waals surface area contributed by atoms with Crippen molar-refractivity contribution in [2.75, 3.05) is 6.54 Å². The summed E-state index contributed by atoms with van der Waals surface area (Å²) in [6, 6.07) is 7.97. The highest BCUT2D eigenvalue weighted by molar-refractivity contribution is 7.08. The number of aromatic nitrogens is 2. The number of carbonyl (C=O) groups excluding carboxylic acids is 1. The molecule has 0 aliphatic carbocycles. The van der Waals surface area contributed by atoms with Gasteiger partial charge in [0.05, 0.1) is 12.2 Å². The van der Waals surface area contributed by atoms with E-state index in [0.717, 1.165) is 29.4 Å². The van der Waals surface area contributed by atoms with E-state index in [1.165, 1.54) is 5.56 Å². The Bertz CT molecular complexity index is 601. The zero-order valence-electron chi connectivity index (χ0n) is 11.1. The van der Waals surface area contributed by atoms with Crippen LogP contribution >= 0.6 is 11.5 Å². The van der Waals surface area contributed by atoms with Gasteiger partial charge in [-0.3, -0.25) is 4.79 Å². The third-order valence-electron chi connectivity index (χ3n) is 3.30. The molecule has 20 heavy (non-hydrogen) atoms. The summed E-state index contributed by atoms with van der Waals surface area (Å²) in [5.41, 5.74) is 1.95. The smallest absolute Gasteiger partial charge is 0.265 e. The molecular weight excluding hydrogens is 274 g/mol. The number of hydrogen-bond donors (Lipinski definition) is 1. The molecule has 1 N–H and O–H groups in total. The fourth-order valence-corrected chi connectivity index (χ4v) is 2.93. The van der Waals surface area contributed by atoms with Gasteiger partial charge in [0.1, 0.15) is 16.7 Å². The minimum absolute atomic E-state index is 0.00214. The van der Waals surface area contributed by atoms with Gasteiger partial charge in [-0.1, -0.05) is 29.6 Å². The average Bonchev–Trinajstić information content (AvgIpc) is 3.10. The number of nitrogens with zero attached hydrogens (tertiary/aromatic N) is 2. The van der Waals surface area contributed by atoms with E-state index in [1.54, 1.807) is 0 Å². The number of benzene rings is 1. The van der Waals surface area contributed by atoms with Crippen LogP contribution in [-0.4, -0.2) is 28.1 Å². The Morgan fingerprint density at radius 2 is 2.35 bits per heavy atom. The van der Waals surface area contributed by atoms with Crippen molar-refractivity contribution in [3.8, 4) is 5.75 Å². The zero-order valence-corrected chi connectivity index (χ0v) is 11.9. The molecular formula is C14H15N3O2S. The fourth-order valence-electron chi connectivity index (χ4n) is 2.27. The second-order valence-electron chi connectivity index (χ2n) is 4.66. The molecule has 0 bridgehead atoms. The van der Waals surface area contributed by atoms with Gasteiger partial charge in [-0.2, -0.15) is 0 Å². The molecule has 0 fully saturated rings. The van der Waals surface area contributed by atoms with E-state index < -0.39 is 0 Å². The summed E-state index contributed by atoms with van der Waals surface area (Å²) in [6.45, 7) is 2.46. The summed E-state index contributed by atoms with van der Waals surface area (Å²) in [4.78, 5) is 12.7. The first-order chi connectivity index (χ1) is 9.78. The minimum atomic E-state index is -0.114. The number of rotatable bonds is 4. The van der Waals surface area contributed by atoms with Crippen LogP contribution in [0.1, 0.15) is 27.9 Å². The lowest BCUT2D eigenvalue weighted by atomic mass is 10.1. The van der Waals surface area contributed by atoms with Gasteiger partial charge in [-0.15, -0.1) is 5.10 Å². The number of nitrogens with one attached hydrogen (secondary N) is 1. The second-order valence-corrected chi connectivity index (χ2v) is 5.42. The lowest BCUT2D eigenvalue weighted by molar-refractivity contribution is 0.0936. The lowest BCUT2D eigenvalue weighted by Gasteiger charge is -2.11. The molecule has 1 amide bonds. The maximum absolute atomic E-state index is 12.1. The number of carbonyl (C=O) groups is 1. The summed E-state index contributed by atoms with van der Waals surface area (Å²) >= 11 is 1.14. The Kier molecular flexibility index (Phi) is 3.64. The van der Waals surface area contributed by atoms with Gasteiger partial charge in [0.15, 0.2) is 0 Å². The monoisotopic (exact) mass is 289 g/mol. The van der Waals surface area contributed by atoms with Crippen LogP contribution in [-0.2, 0) is 12.8 Å². The molecule has 1 aliphatic heterocycles. The maximum Gasteiger partial charge on any atom is 0.265 e. The van der Waals surface area contributed by atoms with Crippen molar-refractivity contribution in [3.63, 3.8) is 0 Å². The van der Waals surface area contributed by atoms with Crippen LogP contribution in [0.15, 0.2) is 24.3 Å². The van der Waals surface area contributed by atoms with E-state index in [4.69, 9.17) is 4.74 Å². The average molecular weight is 289 g/mol. The first kappa shape index (κ1) is 13.1. The normalized spacial score (nSPS) is 16.6. The Hall–Kier alpha value is -1.95. The van der Waals surface area contributed by atoms with E-state index in [0.29, 0.717) is 17.8 Å². The molecule has 3 rings (SSSR count). The lowest BCUT2D eigenvalue weighted by Crippen LogP contribution is -2.34. The zero-order chi connectivity index (χ0) is 13.9. The van der Waals surface area contributed by atoms with Gasteiger partial charge in [-0.25, -0.2) is 0 Å². The number of amides is 1. The van der Waals surface area contributed by atoms with Gasteiger partial charge in [0.25, 0.3) is 5.91 Å². The van der Waals surface area contributed by atoms with Crippen LogP contribution < -0.4 is 10.1 Å². The van der Waals surface area contributed by atoms with Crippen LogP contribution in [0.3, 0.4) is 0 Å². The highest BCUT2D eigenvalue weighted by atomic mass is 32.1. The second kappa shape index (κ2) is 5.58. The number of hydrogen-bond acceptors (Lipinski definition) is 5. The highest BCUT2D eigenvalue weighted by Gasteiger charge is 2.23. The molecule has 0 radical (unpaired) electrons. The fraction of sp³-hybridized carbons (Fsp3) is 0.357. The molecule has 0 unspecified atom stereocenters. The molecule has 0 saturated heterocycles. The molecule has 5 nitrogen and oxygen atoms in total. The van der Waals surface area contributed by atoms with E-state index in [2.05, 4.69) is 21.0 Å². The summed E-state index contributed by atoms with van der Waals surface area (Å²) in [6.07, 6.45) is 1.55. The molecule has 1 aliphatic rings. The Morgan fingerprint density at radius 3 is 3.15 bits per heavy atom. The van der Waals surface area contributed by atoms with Gasteiger partial charge >= 0.3 is 0 Å². The van der Waals surface area contributed by atoms with Gasteiger partial charge in [0.2, 0.25) is 0 Å². The van der Waals surface area contributed by atoms with E-state index in [1.807, 2.05) is 25.1 Å². The van der Waals surface area contributed by atoms with Crippen molar-refractivity contribution in [3.05, 3.63) is 40.4 Å². The largest absolute Gasteiger partial charge is 0.488 e. The molecule has 104 valence electrons. The predicted molar refractivity (Wildman–Crippen MR) is 76.2 cm³/mol. The standard InChI is InChI=1S/C14H15N3O2S/c1-2-11-13(20-17-16-11)14(18)15-8-10-7-9-5-3-4-6-12(9)19-10/h3-6,10H,2,7-8H2,1H3,(H,15,18)/t10-/m1/s1. The van der Waals surface area contributed by atoms with Crippen LogP contribution in [0.4, 0.5) is 0 Å². The Balaban J connectivity index is 1.58. The Labute approximate surface area is 121 Å². The first-order valence-electron chi connectivity index (χ1n) is 6.62. The van der Waals surface area contributed by atoms with Crippen molar-refractivity contribution < 1.29 is 9.53 Å². The van der Waals surface area contributed by atoms with Crippen LogP contribution in [0.2, 0.25) is 0 Å². The quantitative estimate of drug-likeness (QED) is 0.932. The molecule has 0 spiro atoms. The molecule has 0 saturated carbocycles. The highest BCUT2D eigenvalue weighted by Crippen LogP contribution is 2.27. The molecule has 2 heterocycles. The van der Waals surface area contributed by atoms with Crippen LogP contribution in [0.5, 0.6) is 5.75 Å². The van der Waals surface area contributed by atoms with Gasteiger partial charge in [0, 0.05) is 6.42 Å². The van der Waals surface area contributed by atoms with E-state index in [9.17, 15) is 4.79 Å². The third-order valence-corrected chi connectivity index (χ3v) is 4.07. The van der Waals surface area contributed by atoms with Gasteiger partial charge in [-0.05, 0) is 29.6 Å². The summed E-state index contributed by atoms with van der Waals surface area (Å²) in [5, 5.41) is 6.85. The predicted octanol–water partition coefficient (Wildman–Crippen LogP) is 1.83. The number of ether oxygens (including phenoxy) is 1. The topological polar surface area (TPSA) is 64.1 Å². The number of aryl methyl sites for hydroxylation is 1. The van der Waals surface area contributed by atoms with Crippen molar-refractivity contribution in [2.24, 2.45) is 0 Å². The molecule has 1 atom stereocenters. The molecule has 2 aromatic rings. The maximum atomic E-state index is 12.1. The van der Waals surface area contributed by atoms with Gasteiger partial charge < -0.3 is 10.1 Å². The van der Waals surface area contributed by atoms with Crippen LogP contribution in [0, 0.1) is 0 Å². The minimum Gasteiger partial charge on any atom is -0.488 e. The summed E-state index contributed by atoms with van der Waals surface area (Å²) in [5.74, 6) is 0.803. The third kappa shape index (κ3) is 2.51. The van der Waals surface area contributed by atoms with E-state index in [-0.39, 0.29) is 12.0 Å². The van der Waals surface area contributed by atoms with Crippen LogP contribution in [0.25, 0.3) is 0 Å². The van der Waals surface area contributed by atoms with Crippen molar-refractivity contribution >= 4 is 17.4 Å². The molecule has 6 heteroatoms. The molecule has 1 aromatic carbocycles. The SMILES string of the molecule is CCc1nnsc1C(=O)NC[C@H]1Cc2ccccc2O1. The summed E-state index contributed by atoms with van der Waals surface area (Å²) in [7, 11) is 0. The van der Waals surface area contributed by atoms with Crippen molar-refractivity contribution in [1.29, 1.82) is 0 Å². The van der Waals surface area contributed by atoms with Crippen molar-refractivity contribution in [2.45, 2.75) is 25.9 Å². The number of fused-ring (bicyclic) bond motifs is 1. The first-order valence-corrected chi connectivity index (χ1v) is 7.39. The number of para-hydroxylation sites is 1. The van der Waals surface area contributed by atoms with Crippen molar-refractivity contribution in [1.82, 2.24) is 14.9 Å². The molecule has 1 aromatic heterocycles. The van der Waals surface area contributed by atoms with E-state index >= 15 is 0 Å². The Morgan fingerprint density at radius 1 is 1.50 bits per heavy atom. The summed E-state index contributed by atoms with van der Waals surface area (Å²) < 4.78 is 9.61.